The fourth-order valence-corrected chi connectivity index (χ4v) is 3.27. The Labute approximate surface area is 144 Å². The number of ether oxygens (including phenoxy) is 1. The van der Waals surface area contributed by atoms with Gasteiger partial charge in [0.2, 0.25) is 0 Å². The highest BCUT2D eigenvalue weighted by atomic mass is 19.1. The van der Waals surface area contributed by atoms with Gasteiger partial charge in [-0.15, -0.1) is 0 Å². The standard InChI is InChI=1S/C21H26FNO/c22-20-8-10-21(11-9-20)24-17-19-12-15-23(16-13-19)14-4-7-18-5-2-1-3-6-18/h1-3,5-6,8-11,19H,4,7,12-17H2. The molecule has 2 nitrogen and oxygen atoms in total. The van der Waals surface area contributed by atoms with Gasteiger partial charge < -0.3 is 9.64 Å². The summed E-state index contributed by atoms with van der Waals surface area (Å²) >= 11 is 0. The van der Waals surface area contributed by atoms with Crippen molar-refractivity contribution in [1.29, 1.82) is 0 Å². The Morgan fingerprint density at radius 2 is 1.67 bits per heavy atom. The Morgan fingerprint density at radius 1 is 0.958 bits per heavy atom. The van der Waals surface area contributed by atoms with Gasteiger partial charge in [-0.25, -0.2) is 4.39 Å². The molecule has 2 aromatic rings. The average Bonchev–Trinajstić information content (AvgIpc) is 2.63. The highest BCUT2D eigenvalue weighted by molar-refractivity contribution is 5.22. The molecule has 1 fully saturated rings. The summed E-state index contributed by atoms with van der Waals surface area (Å²) in [4.78, 5) is 2.57. The lowest BCUT2D eigenvalue weighted by atomic mass is 9.97. The maximum Gasteiger partial charge on any atom is 0.123 e. The molecule has 0 amide bonds. The van der Waals surface area contributed by atoms with Gasteiger partial charge in [0.1, 0.15) is 11.6 Å². The largest absolute Gasteiger partial charge is 0.493 e. The number of benzene rings is 2. The molecule has 0 saturated carbocycles. The third kappa shape index (κ3) is 5.34. The minimum absolute atomic E-state index is 0.217. The van der Waals surface area contributed by atoms with Crippen LogP contribution in [-0.2, 0) is 6.42 Å². The number of piperidine rings is 1. The van der Waals surface area contributed by atoms with Gasteiger partial charge in [0.25, 0.3) is 0 Å². The van der Waals surface area contributed by atoms with E-state index in [0.717, 1.165) is 31.9 Å². The monoisotopic (exact) mass is 327 g/mol. The summed E-state index contributed by atoms with van der Waals surface area (Å²) in [6.45, 7) is 4.24. The molecule has 0 bridgehead atoms. The van der Waals surface area contributed by atoms with Gasteiger partial charge in [-0.1, -0.05) is 30.3 Å². The second kappa shape index (κ2) is 8.84. The first-order chi connectivity index (χ1) is 11.8. The van der Waals surface area contributed by atoms with Crippen LogP contribution in [0.1, 0.15) is 24.8 Å². The average molecular weight is 327 g/mol. The summed E-state index contributed by atoms with van der Waals surface area (Å²) in [5.74, 6) is 1.16. The molecule has 1 saturated heterocycles. The topological polar surface area (TPSA) is 12.5 Å². The fourth-order valence-electron chi connectivity index (χ4n) is 3.27. The van der Waals surface area contributed by atoms with E-state index < -0.39 is 0 Å². The first-order valence-electron chi connectivity index (χ1n) is 8.94. The molecule has 24 heavy (non-hydrogen) atoms. The molecule has 0 radical (unpaired) electrons. The zero-order chi connectivity index (χ0) is 16.6. The Balaban J connectivity index is 1.31. The summed E-state index contributed by atoms with van der Waals surface area (Å²) in [6, 6.07) is 17.0. The number of aryl methyl sites for hydroxylation is 1. The van der Waals surface area contributed by atoms with Crippen molar-refractivity contribution < 1.29 is 9.13 Å². The van der Waals surface area contributed by atoms with Crippen LogP contribution in [0.2, 0.25) is 0 Å². The van der Waals surface area contributed by atoms with E-state index in [4.69, 9.17) is 4.74 Å². The maximum atomic E-state index is 12.9. The Bertz CT molecular complexity index is 591. The van der Waals surface area contributed by atoms with Crippen molar-refractivity contribution in [3.63, 3.8) is 0 Å². The van der Waals surface area contributed by atoms with Gasteiger partial charge in [0.15, 0.2) is 0 Å². The van der Waals surface area contributed by atoms with Gasteiger partial charge in [0.05, 0.1) is 6.61 Å². The number of hydrogen-bond donors (Lipinski definition) is 0. The van der Waals surface area contributed by atoms with E-state index in [-0.39, 0.29) is 5.82 Å². The molecule has 0 unspecified atom stereocenters. The van der Waals surface area contributed by atoms with Gasteiger partial charge in [-0.05, 0) is 81.1 Å². The van der Waals surface area contributed by atoms with Crippen molar-refractivity contribution in [1.82, 2.24) is 4.90 Å². The van der Waals surface area contributed by atoms with E-state index in [1.54, 1.807) is 12.1 Å². The van der Waals surface area contributed by atoms with Crippen molar-refractivity contribution in [2.75, 3.05) is 26.2 Å². The van der Waals surface area contributed by atoms with Crippen LogP contribution < -0.4 is 4.74 Å². The molecule has 0 spiro atoms. The molecule has 0 aromatic heterocycles. The zero-order valence-electron chi connectivity index (χ0n) is 14.2. The first-order valence-corrected chi connectivity index (χ1v) is 8.94. The third-order valence-corrected chi connectivity index (χ3v) is 4.79. The summed E-state index contributed by atoms with van der Waals surface area (Å²) < 4.78 is 18.7. The molecule has 1 heterocycles. The first kappa shape index (κ1) is 17.0. The van der Waals surface area contributed by atoms with Crippen LogP contribution in [0.3, 0.4) is 0 Å². The van der Waals surface area contributed by atoms with Crippen LogP contribution in [0.15, 0.2) is 54.6 Å². The number of likely N-dealkylation sites (tertiary alicyclic amines) is 1. The summed E-state index contributed by atoms with van der Waals surface area (Å²) in [6.07, 6.45) is 4.76. The molecule has 1 aliphatic heterocycles. The maximum absolute atomic E-state index is 12.9. The molecular formula is C21H26FNO. The molecule has 0 N–H and O–H groups in total. The van der Waals surface area contributed by atoms with E-state index in [9.17, 15) is 4.39 Å². The van der Waals surface area contributed by atoms with E-state index >= 15 is 0 Å². The van der Waals surface area contributed by atoms with Crippen molar-refractivity contribution >= 4 is 0 Å². The van der Waals surface area contributed by atoms with E-state index in [0.29, 0.717) is 5.92 Å². The number of hydrogen-bond acceptors (Lipinski definition) is 2. The molecule has 0 atom stereocenters. The highest BCUT2D eigenvalue weighted by Gasteiger charge is 2.19. The van der Waals surface area contributed by atoms with Crippen LogP contribution in [0, 0.1) is 11.7 Å². The van der Waals surface area contributed by atoms with E-state index in [2.05, 4.69) is 35.2 Å². The van der Waals surface area contributed by atoms with Crippen LogP contribution >= 0.6 is 0 Å². The van der Waals surface area contributed by atoms with Crippen molar-refractivity contribution in [3.8, 4) is 5.75 Å². The minimum Gasteiger partial charge on any atom is -0.493 e. The number of rotatable bonds is 7. The molecule has 2 aromatic carbocycles. The van der Waals surface area contributed by atoms with Crippen molar-refractivity contribution in [2.24, 2.45) is 5.92 Å². The third-order valence-electron chi connectivity index (χ3n) is 4.79. The normalized spacial score (nSPS) is 16.2. The second-order valence-electron chi connectivity index (χ2n) is 6.64. The smallest absolute Gasteiger partial charge is 0.123 e. The summed E-state index contributed by atoms with van der Waals surface area (Å²) in [7, 11) is 0. The molecule has 3 heteroatoms. The number of halogens is 1. The van der Waals surface area contributed by atoms with Gasteiger partial charge >= 0.3 is 0 Å². The Kier molecular flexibility index (Phi) is 6.25. The van der Waals surface area contributed by atoms with E-state index in [1.165, 1.54) is 43.5 Å². The van der Waals surface area contributed by atoms with Crippen LogP contribution in [-0.4, -0.2) is 31.1 Å². The minimum atomic E-state index is -0.217. The zero-order valence-corrected chi connectivity index (χ0v) is 14.2. The molecular weight excluding hydrogens is 301 g/mol. The lowest BCUT2D eigenvalue weighted by molar-refractivity contribution is 0.140. The molecule has 0 aliphatic carbocycles. The van der Waals surface area contributed by atoms with Crippen molar-refractivity contribution in [3.05, 3.63) is 66.0 Å². The van der Waals surface area contributed by atoms with Crippen LogP contribution in [0.5, 0.6) is 5.75 Å². The summed E-state index contributed by atoms with van der Waals surface area (Å²) in [5, 5.41) is 0. The van der Waals surface area contributed by atoms with Crippen molar-refractivity contribution in [2.45, 2.75) is 25.7 Å². The quantitative estimate of drug-likeness (QED) is 0.740. The molecule has 1 aliphatic rings. The second-order valence-corrected chi connectivity index (χ2v) is 6.64. The summed E-state index contributed by atoms with van der Waals surface area (Å²) in [5.41, 5.74) is 1.43. The number of nitrogens with zero attached hydrogens (tertiary/aromatic N) is 1. The van der Waals surface area contributed by atoms with Gasteiger partial charge in [-0.2, -0.15) is 0 Å². The lowest BCUT2D eigenvalue weighted by Gasteiger charge is -2.31. The van der Waals surface area contributed by atoms with Gasteiger partial charge in [-0.3, -0.25) is 0 Å². The molecule has 128 valence electrons. The predicted molar refractivity (Wildman–Crippen MR) is 95.8 cm³/mol. The van der Waals surface area contributed by atoms with Gasteiger partial charge in [0, 0.05) is 0 Å². The predicted octanol–water partition coefficient (Wildman–Crippen LogP) is 4.55. The van der Waals surface area contributed by atoms with Crippen LogP contribution in [0.4, 0.5) is 4.39 Å². The van der Waals surface area contributed by atoms with E-state index in [1.807, 2.05) is 0 Å². The fraction of sp³-hybridized carbons (Fsp3) is 0.429. The van der Waals surface area contributed by atoms with Crippen LogP contribution in [0.25, 0.3) is 0 Å². The SMILES string of the molecule is Fc1ccc(OCC2CCN(CCCc3ccccc3)CC2)cc1. The molecule has 3 rings (SSSR count). The lowest BCUT2D eigenvalue weighted by Crippen LogP contribution is -2.36. The Hall–Kier alpha value is -1.87. The Morgan fingerprint density at radius 3 is 2.38 bits per heavy atom. The highest BCUT2D eigenvalue weighted by Crippen LogP contribution is 2.20.